The Balaban J connectivity index is 1.33. The molecule has 0 aromatic heterocycles. The molecule has 0 aliphatic carbocycles. The lowest BCUT2D eigenvalue weighted by Gasteiger charge is -2.26. The molecule has 0 aliphatic heterocycles. The topological polar surface area (TPSA) is 3.24 Å². The number of nitrogens with zero attached hydrogens (tertiary/aromatic N) is 1. The Morgan fingerprint density at radius 2 is 1.11 bits per heavy atom. The third-order valence-electron chi connectivity index (χ3n) is 7.02. The van der Waals surface area contributed by atoms with Crippen molar-refractivity contribution in [3.8, 4) is 0 Å². The first-order chi connectivity index (χ1) is 17.4. The number of unbranched alkanes of at least 4 members (excludes halogenated alkanes) is 12. The van der Waals surface area contributed by atoms with Gasteiger partial charge in [0, 0.05) is 23.3 Å². The van der Waals surface area contributed by atoms with Gasteiger partial charge in [-0.2, -0.15) is 0 Å². The van der Waals surface area contributed by atoms with Crippen molar-refractivity contribution < 1.29 is 0 Å². The van der Waals surface area contributed by atoms with Crippen molar-refractivity contribution in [2.75, 3.05) is 11.4 Å². The van der Waals surface area contributed by atoms with Crippen LogP contribution in [0, 0.1) is 0 Å². The van der Waals surface area contributed by atoms with Gasteiger partial charge in [0.25, 0.3) is 0 Å². The lowest BCUT2D eigenvalue weighted by atomic mass is 10.1. The molecule has 1 nitrogen and oxygen atoms in total. The normalized spacial score (nSPS) is 11.5. The predicted octanol–water partition coefficient (Wildman–Crippen LogP) is 11.0. The number of rotatable bonds is 18. The van der Waals surface area contributed by atoms with Crippen LogP contribution in [0.4, 0.5) is 11.4 Å². The van der Waals surface area contributed by atoms with E-state index in [4.69, 9.17) is 0 Å². The molecular weight excluding hydrogens is 422 g/mol. The third-order valence-corrected chi connectivity index (χ3v) is 7.02. The minimum Gasteiger partial charge on any atom is -0.341 e. The van der Waals surface area contributed by atoms with E-state index in [1.165, 1.54) is 112 Å². The second-order valence-electron chi connectivity index (χ2n) is 9.92. The summed E-state index contributed by atoms with van der Waals surface area (Å²) >= 11 is 0. The van der Waals surface area contributed by atoms with Gasteiger partial charge in [0.2, 0.25) is 0 Å². The molecule has 0 fully saturated rings. The van der Waals surface area contributed by atoms with Crippen LogP contribution in [0.5, 0.6) is 0 Å². The summed E-state index contributed by atoms with van der Waals surface area (Å²) in [6.07, 6.45) is 23.7. The van der Waals surface area contributed by atoms with E-state index < -0.39 is 0 Å². The summed E-state index contributed by atoms with van der Waals surface area (Å²) in [6.45, 7) is 3.36. The smallest absolute Gasteiger partial charge is 0.0490 e. The SMILES string of the molecule is CCCCCCCC/C=C\CCCCCCCCN(c1ccccc1)c1cccc2ccccc12. The zero-order chi connectivity index (χ0) is 24.4. The number of fused-ring (bicyclic) bond motifs is 1. The van der Waals surface area contributed by atoms with Gasteiger partial charge >= 0.3 is 0 Å². The summed E-state index contributed by atoms with van der Waals surface area (Å²) in [6, 6.07) is 26.3. The Labute approximate surface area is 215 Å². The third kappa shape index (κ3) is 9.92. The van der Waals surface area contributed by atoms with Gasteiger partial charge in [0.15, 0.2) is 0 Å². The summed E-state index contributed by atoms with van der Waals surface area (Å²) in [5.74, 6) is 0. The van der Waals surface area contributed by atoms with Crippen molar-refractivity contribution in [3.63, 3.8) is 0 Å². The molecular formula is C34H47N. The van der Waals surface area contributed by atoms with Crippen LogP contribution in [0.15, 0.2) is 84.9 Å². The van der Waals surface area contributed by atoms with Gasteiger partial charge in [-0.15, -0.1) is 0 Å². The van der Waals surface area contributed by atoms with Crippen LogP contribution < -0.4 is 4.90 Å². The first kappa shape index (κ1) is 27.1. The second-order valence-corrected chi connectivity index (χ2v) is 9.92. The highest BCUT2D eigenvalue weighted by Gasteiger charge is 2.11. The average Bonchev–Trinajstić information content (AvgIpc) is 2.91. The van der Waals surface area contributed by atoms with Crippen LogP contribution in [-0.4, -0.2) is 6.54 Å². The largest absolute Gasteiger partial charge is 0.341 e. The number of benzene rings is 3. The molecule has 1 heteroatoms. The van der Waals surface area contributed by atoms with Crippen molar-refractivity contribution in [1.29, 1.82) is 0 Å². The molecule has 3 aromatic carbocycles. The number of para-hydroxylation sites is 1. The maximum atomic E-state index is 2.51. The van der Waals surface area contributed by atoms with E-state index in [2.05, 4.69) is 96.8 Å². The lowest BCUT2D eigenvalue weighted by molar-refractivity contribution is 0.597. The van der Waals surface area contributed by atoms with Crippen molar-refractivity contribution in [2.24, 2.45) is 0 Å². The maximum Gasteiger partial charge on any atom is 0.0490 e. The Morgan fingerprint density at radius 1 is 0.543 bits per heavy atom. The first-order valence-electron chi connectivity index (χ1n) is 14.4. The average molecular weight is 470 g/mol. The van der Waals surface area contributed by atoms with Crippen LogP contribution in [0.2, 0.25) is 0 Å². The molecule has 3 rings (SSSR count). The molecule has 0 radical (unpaired) electrons. The fourth-order valence-corrected chi connectivity index (χ4v) is 4.96. The van der Waals surface area contributed by atoms with E-state index in [1.54, 1.807) is 0 Å². The molecule has 0 atom stereocenters. The van der Waals surface area contributed by atoms with Crippen molar-refractivity contribution in [3.05, 3.63) is 84.9 Å². The van der Waals surface area contributed by atoms with E-state index in [-0.39, 0.29) is 0 Å². The number of anilines is 2. The first-order valence-corrected chi connectivity index (χ1v) is 14.4. The highest BCUT2D eigenvalue weighted by molar-refractivity contribution is 5.96. The fraction of sp³-hybridized carbons (Fsp3) is 0.471. The van der Waals surface area contributed by atoms with Gasteiger partial charge in [-0.25, -0.2) is 0 Å². The van der Waals surface area contributed by atoms with Crippen LogP contribution >= 0.6 is 0 Å². The zero-order valence-corrected chi connectivity index (χ0v) is 22.1. The molecule has 0 saturated carbocycles. The minimum atomic E-state index is 1.07. The minimum absolute atomic E-state index is 1.07. The fourth-order valence-electron chi connectivity index (χ4n) is 4.96. The van der Waals surface area contributed by atoms with E-state index >= 15 is 0 Å². The quantitative estimate of drug-likeness (QED) is 0.132. The Morgan fingerprint density at radius 3 is 1.83 bits per heavy atom. The van der Waals surface area contributed by atoms with Gasteiger partial charge in [-0.05, 0) is 55.7 Å². The van der Waals surface area contributed by atoms with Gasteiger partial charge < -0.3 is 4.90 Å². The van der Waals surface area contributed by atoms with Gasteiger partial charge in [0.05, 0.1) is 0 Å². The van der Waals surface area contributed by atoms with E-state index in [9.17, 15) is 0 Å². The molecule has 0 saturated heterocycles. The van der Waals surface area contributed by atoms with Gasteiger partial charge in [-0.3, -0.25) is 0 Å². The summed E-state index contributed by atoms with van der Waals surface area (Å²) in [7, 11) is 0. The molecule has 0 heterocycles. The predicted molar refractivity (Wildman–Crippen MR) is 157 cm³/mol. The standard InChI is InChI=1S/C34H47N/c1-2-3-4-5-6-7-8-9-10-11-12-13-14-15-16-22-30-35(32-26-18-17-19-27-32)34-29-23-25-31-24-20-21-28-33(31)34/h9-10,17-21,23-29H,2-8,11-16,22,30H2,1H3/b10-9-. The van der Waals surface area contributed by atoms with E-state index in [0.717, 1.165) is 6.54 Å². The van der Waals surface area contributed by atoms with Crippen LogP contribution in [0.1, 0.15) is 96.8 Å². The highest BCUT2D eigenvalue weighted by atomic mass is 15.1. The van der Waals surface area contributed by atoms with Crippen LogP contribution in [0.3, 0.4) is 0 Å². The van der Waals surface area contributed by atoms with E-state index in [1.807, 2.05) is 0 Å². The Bertz CT molecular complexity index is 953. The number of hydrogen-bond acceptors (Lipinski definition) is 1. The molecule has 0 spiro atoms. The maximum absolute atomic E-state index is 2.51. The van der Waals surface area contributed by atoms with Crippen LogP contribution in [0.25, 0.3) is 10.8 Å². The molecule has 0 amide bonds. The highest BCUT2D eigenvalue weighted by Crippen LogP contribution is 2.32. The molecule has 0 aliphatic rings. The lowest BCUT2D eigenvalue weighted by Crippen LogP contribution is -2.18. The van der Waals surface area contributed by atoms with Gasteiger partial charge in [0.1, 0.15) is 0 Å². The Kier molecular flexibility index (Phi) is 13.1. The summed E-state index contributed by atoms with van der Waals surface area (Å²) in [4.78, 5) is 2.51. The summed E-state index contributed by atoms with van der Waals surface area (Å²) in [5, 5.41) is 2.65. The summed E-state index contributed by atoms with van der Waals surface area (Å²) in [5.41, 5.74) is 2.61. The zero-order valence-electron chi connectivity index (χ0n) is 22.1. The van der Waals surface area contributed by atoms with Crippen molar-refractivity contribution in [2.45, 2.75) is 96.8 Å². The molecule has 35 heavy (non-hydrogen) atoms. The monoisotopic (exact) mass is 469 g/mol. The Hall–Kier alpha value is -2.54. The van der Waals surface area contributed by atoms with Crippen molar-refractivity contribution >= 4 is 22.1 Å². The summed E-state index contributed by atoms with van der Waals surface area (Å²) < 4.78 is 0. The van der Waals surface area contributed by atoms with Crippen molar-refractivity contribution in [1.82, 2.24) is 0 Å². The second kappa shape index (κ2) is 17.0. The number of hydrogen-bond donors (Lipinski definition) is 0. The molecule has 0 N–H and O–H groups in total. The van der Waals surface area contributed by atoms with E-state index in [0.29, 0.717) is 0 Å². The number of allylic oxidation sites excluding steroid dienone is 2. The van der Waals surface area contributed by atoms with Crippen LogP contribution in [-0.2, 0) is 0 Å². The molecule has 188 valence electrons. The molecule has 3 aromatic rings. The molecule has 0 bridgehead atoms. The molecule has 0 unspecified atom stereocenters. The van der Waals surface area contributed by atoms with Gasteiger partial charge in [-0.1, -0.05) is 131 Å².